The van der Waals surface area contributed by atoms with E-state index in [4.69, 9.17) is 9.47 Å². The van der Waals surface area contributed by atoms with Crippen molar-refractivity contribution in [1.82, 2.24) is 4.90 Å². The summed E-state index contributed by atoms with van der Waals surface area (Å²) < 4.78 is 12.9. The minimum atomic E-state index is -0.509. The number of methoxy groups -OCH3 is 1. The number of imide groups is 1. The van der Waals surface area contributed by atoms with E-state index in [9.17, 15) is 14.4 Å². The summed E-state index contributed by atoms with van der Waals surface area (Å²) in [4.78, 5) is 39.1. The van der Waals surface area contributed by atoms with Crippen LogP contribution in [0.3, 0.4) is 0 Å². The third kappa shape index (κ3) is 6.04. The summed E-state index contributed by atoms with van der Waals surface area (Å²) in [5.41, 5.74) is 2.08. The van der Waals surface area contributed by atoms with Gasteiger partial charge in [0, 0.05) is 10.0 Å². The number of ether oxygens (including phenoxy) is 2. The molecule has 35 heavy (non-hydrogen) atoms. The molecule has 0 bridgehead atoms. The number of hydrogen-bond donors (Lipinski definition) is 0. The topological polar surface area (TPSA) is 72.9 Å². The lowest BCUT2D eigenvalue weighted by molar-refractivity contribution is -0.122. The van der Waals surface area contributed by atoms with Gasteiger partial charge in [-0.05, 0) is 69.2 Å². The number of carbonyl (C=O) groups excluding carboxylic acids is 3. The van der Waals surface area contributed by atoms with Gasteiger partial charge in [0.1, 0.15) is 6.61 Å². The summed E-state index contributed by atoms with van der Waals surface area (Å²) >= 11 is 7.63. The maximum Gasteiger partial charge on any atom is 0.293 e. The number of nitrogens with zero attached hydrogens (tertiary/aromatic N) is 1. The van der Waals surface area contributed by atoms with Crippen LogP contribution in [0.4, 0.5) is 4.79 Å². The van der Waals surface area contributed by atoms with Crippen LogP contribution in [0.5, 0.6) is 11.5 Å². The van der Waals surface area contributed by atoms with Crippen LogP contribution in [0.2, 0.25) is 0 Å². The highest BCUT2D eigenvalue weighted by atomic mass is 79.9. The van der Waals surface area contributed by atoms with Gasteiger partial charge in [-0.3, -0.25) is 19.3 Å². The Morgan fingerprint density at radius 1 is 1.03 bits per heavy atom. The maximum absolute atomic E-state index is 12.9. The number of ketones is 1. The molecular formula is C26H19Br2NO5S. The summed E-state index contributed by atoms with van der Waals surface area (Å²) in [6.45, 7) is 0.0450. The molecule has 0 unspecified atom stereocenters. The van der Waals surface area contributed by atoms with Crippen LogP contribution in [0.15, 0.2) is 80.6 Å². The molecule has 4 rings (SSSR count). The van der Waals surface area contributed by atoms with Crippen molar-refractivity contribution in [3.63, 3.8) is 0 Å². The molecule has 0 aromatic heterocycles. The van der Waals surface area contributed by atoms with Crippen LogP contribution >= 0.6 is 43.6 Å². The first kappa shape index (κ1) is 25.2. The molecule has 1 aliphatic heterocycles. The first-order chi connectivity index (χ1) is 16.9. The maximum atomic E-state index is 12.9. The fourth-order valence-electron chi connectivity index (χ4n) is 3.35. The Hall–Kier alpha value is -2.88. The van der Waals surface area contributed by atoms with Crippen molar-refractivity contribution in [2.45, 2.75) is 6.61 Å². The van der Waals surface area contributed by atoms with Crippen LogP contribution < -0.4 is 9.47 Å². The molecule has 3 aromatic carbocycles. The summed E-state index contributed by atoms with van der Waals surface area (Å²) in [6, 6.07) is 20.0. The first-order valence-electron chi connectivity index (χ1n) is 10.4. The molecule has 1 heterocycles. The normalized spacial score (nSPS) is 14.5. The molecule has 6 nitrogen and oxygen atoms in total. The zero-order chi connectivity index (χ0) is 24.9. The van der Waals surface area contributed by atoms with E-state index >= 15 is 0 Å². The van der Waals surface area contributed by atoms with E-state index in [1.165, 1.54) is 7.11 Å². The molecule has 3 aromatic rings. The van der Waals surface area contributed by atoms with E-state index in [0.29, 0.717) is 33.7 Å². The van der Waals surface area contributed by atoms with E-state index in [1.54, 1.807) is 42.5 Å². The van der Waals surface area contributed by atoms with Gasteiger partial charge >= 0.3 is 0 Å². The molecule has 1 saturated heterocycles. The van der Waals surface area contributed by atoms with Crippen LogP contribution in [0.1, 0.15) is 21.5 Å². The highest BCUT2D eigenvalue weighted by Gasteiger charge is 2.36. The molecule has 0 atom stereocenters. The Labute approximate surface area is 223 Å². The summed E-state index contributed by atoms with van der Waals surface area (Å²) in [5, 5.41) is -0.486. The number of halogens is 2. The third-order valence-electron chi connectivity index (χ3n) is 5.12. The lowest BCUT2D eigenvalue weighted by Crippen LogP contribution is -2.33. The average molecular weight is 617 g/mol. The second kappa shape index (κ2) is 11.2. The Morgan fingerprint density at radius 2 is 1.74 bits per heavy atom. The predicted molar refractivity (Wildman–Crippen MR) is 143 cm³/mol. The van der Waals surface area contributed by atoms with Gasteiger partial charge in [-0.1, -0.05) is 58.4 Å². The fourth-order valence-corrected chi connectivity index (χ4v) is 5.03. The number of hydrogen-bond acceptors (Lipinski definition) is 6. The van der Waals surface area contributed by atoms with E-state index in [2.05, 4.69) is 31.9 Å². The van der Waals surface area contributed by atoms with Gasteiger partial charge in [-0.15, -0.1) is 0 Å². The van der Waals surface area contributed by atoms with E-state index in [0.717, 1.165) is 26.7 Å². The molecule has 2 amide bonds. The van der Waals surface area contributed by atoms with Crippen LogP contribution in [-0.2, 0) is 11.4 Å². The molecule has 0 spiro atoms. The van der Waals surface area contributed by atoms with Gasteiger partial charge < -0.3 is 9.47 Å². The molecule has 0 N–H and O–H groups in total. The second-order valence-corrected chi connectivity index (χ2v) is 10.3. The van der Waals surface area contributed by atoms with Crippen molar-refractivity contribution in [2.75, 3.05) is 13.7 Å². The summed E-state index contributed by atoms with van der Waals surface area (Å²) in [5.74, 6) is 0.184. The lowest BCUT2D eigenvalue weighted by atomic mass is 10.1. The number of rotatable bonds is 8. The van der Waals surface area contributed by atoms with Gasteiger partial charge in [0.15, 0.2) is 17.3 Å². The quantitative estimate of drug-likeness (QED) is 0.207. The molecule has 0 saturated carbocycles. The summed E-state index contributed by atoms with van der Waals surface area (Å²) in [6.07, 6.45) is 1.60. The van der Waals surface area contributed by atoms with Crippen LogP contribution in [-0.4, -0.2) is 35.5 Å². The van der Waals surface area contributed by atoms with Gasteiger partial charge in [0.2, 0.25) is 0 Å². The van der Waals surface area contributed by atoms with Gasteiger partial charge in [-0.2, -0.15) is 0 Å². The largest absolute Gasteiger partial charge is 0.493 e. The molecule has 9 heteroatoms. The Bertz CT molecular complexity index is 1310. The summed E-state index contributed by atoms with van der Waals surface area (Å²) in [7, 11) is 1.53. The zero-order valence-corrected chi connectivity index (χ0v) is 22.5. The van der Waals surface area contributed by atoms with Gasteiger partial charge in [0.05, 0.1) is 23.0 Å². The molecule has 0 aliphatic carbocycles. The molecular weight excluding hydrogens is 598 g/mol. The smallest absolute Gasteiger partial charge is 0.293 e. The van der Waals surface area contributed by atoms with Gasteiger partial charge in [-0.25, -0.2) is 0 Å². The third-order valence-corrected chi connectivity index (χ3v) is 7.14. The number of amides is 2. The number of carbonyl (C=O) groups is 3. The Kier molecular flexibility index (Phi) is 8.10. The van der Waals surface area contributed by atoms with Crippen LogP contribution in [0, 0.1) is 0 Å². The van der Waals surface area contributed by atoms with Crippen molar-refractivity contribution < 1.29 is 23.9 Å². The second-order valence-electron chi connectivity index (χ2n) is 7.51. The van der Waals surface area contributed by atoms with Crippen molar-refractivity contribution in [3.05, 3.63) is 97.3 Å². The SMILES string of the molecule is COc1cc(/C=C2/SC(=O)N(CC(=O)c3ccc(Br)cc3)C2=O)cc(Br)c1OCc1ccccc1. The van der Waals surface area contributed by atoms with Crippen molar-refractivity contribution in [1.29, 1.82) is 0 Å². The fraction of sp³-hybridized carbons (Fsp3) is 0.115. The van der Waals surface area contributed by atoms with Crippen molar-refractivity contribution in [2.24, 2.45) is 0 Å². The molecule has 1 aliphatic rings. The molecule has 1 fully saturated rings. The monoisotopic (exact) mass is 615 g/mol. The molecule has 0 radical (unpaired) electrons. The first-order valence-corrected chi connectivity index (χ1v) is 12.8. The van der Waals surface area contributed by atoms with E-state index in [1.807, 2.05) is 30.3 Å². The predicted octanol–water partition coefficient (Wildman–Crippen LogP) is 6.72. The van der Waals surface area contributed by atoms with Crippen LogP contribution in [0.25, 0.3) is 6.08 Å². The molecule has 178 valence electrons. The van der Waals surface area contributed by atoms with E-state index < -0.39 is 11.1 Å². The minimum Gasteiger partial charge on any atom is -0.493 e. The zero-order valence-electron chi connectivity index (χ0n) is 18.5. The lowest BCUT2D eigenvalue weighted by Gasteiger charge is -2.14. The van der Waals surface area contributed by atoms with Crippen molar-refractivity contribution in [3.8, 4) is 11.5 Å². The average Bonchev–Trinajstić information content (AvgIpc) is 3.11. The number of thioether (sulfide) groups is 1. The van der Waals surface area contributed by atoms with E-state index in [-0.39, 0.29) is 17.2 Å². The number of benzene rings is 3. The standard InChI is InChI=1S/C26H19Br2NO5S/c1-33-22-12-17(11-20(28)24(22)34-15-16-5-3-2-4-6-16)13-23-25(31)29(26(32)35-23)14-21(30)18-7-9-19(27)10-8-18/h2-13H,14-15H2,1H3/b23-13+. The Morgan fingerprint density at radius 3 is 2.43 bits per heavy atom. The highest BCUT2D eigenvalue weighted by molar-refractivity contribution is 9.10. The van der Waals surface area contributed by atoms with Gasteiger partial charge in [0.25, 0.3) is 11.1 Å². The number of Topliss-reactive ketones (excluding diaryl/α,β-unsaturated/α-hetero) is 1. The Balaban J connectivity index is 1.51. The van der Waals surface area contributed by atoms with Crippen molar-refractivity contribution >= 4 is 66.6 Å². The highest BCUT2D eigenvalue weighted by Crippen LogP contribution is 2.39. The minimum absolute atomic E-state index is 0.227.